The highest BCUT2D eigenvalue weighted by atomic mass is 32.2. The van der Waals surface area contributed by atoms with E-state index < -0.39 is 48.9 Å². The Morgan fingerprint density at radius 2 is 1.37 bits per heavy atom. The summed E-state index contributed by atoms with van der Waals surface area (Å²) < 4.78 is 17.4. The van der Waals surface area contributed by atoms with E-state index in [1.165, 1.54) is 4.90 Å². The van der Waals surface area contributed by atoms with Crippen LogP contribution >= 0.6 is 11.8 Å². The summed E-state index contributed by atoms with van der Waals surface area (Å²) >= 11 is 1.84. The highest BCUT2D eigenvalue weighted by Crippen LogP contribution is 2.53. The molecule has 0 bridgehead atoms. The molecule has 10 heteroatoms. The van der Waals surface area contributed by atoms with Crippen LogP contribution in [-0.4, -0.2) is 79.6 Å². The Bertz CT molecular complexity index is 1630. The Kier molecular flexibility index (Phi) is 13.2. The molecule has 2 unspecified atom stereocenters. The molecule has 0 saturated carbocycles. The third-order valence-electron chi connectivity index (χ3n) is 10.3. The monoisotopic (exact) mass is 770 g/mol. The van der Waals surface area contributed by atoms with Crippen molar-refractivity contribution >= 4 is 38.9 Å². The number of hydrogen-bond donors (Lipinski definition) is 0. The molecule has 0 N–H and O–H groups in total. The van der Waals surface area contributed by atoms with Crippen LogP contribution in [0.2, 0.25) is 13.1 Å². The maximum atomic E-state index is 14.7. The minimum atomic E-state index is -1.55. The number of benzene rings is 3. The van der Waals surface area contributed by atoms with E-state index in [-0.39, 0.29) is 29.7 Å². The van der Waals surface area contributed by atoms with Crippen molar-refractivity contribution in [2.45, 2.75) is 95.2 Å². The maximum absolute atomic E-state index is 14.7. The third-order valence-corrected chi connectivity index (χ3v) is 12.9. The lowest BCUT2D eigenvalue weighted by molar-refractivity contribution is -0.134. The van der Waals surface area contributed by atoms with Gasteiger partial charge in [0.05, 0.1) is 4.75 Å². The number of nitrogens with zero attached hydrogens (tertiary/aromatic N) is 2. The van der Waals surface area contributed by atoms with E-state index in [4.69, 9.17) is 13.9 Å². The molecule has 5 rings (SSSR count). The molecule has 290 valence electrons. The Labute approximate surface area is 328 Å². The average Bonchev–Trinajstić information content (AvgIpc) is 3.71. The Hall–Kier alpha value is -3.86. The van der Waals surface area contributed by atoms with Crippen LogP contribution in [0.3, 0.4) is 0 Å². The van der Waals surface area contributed by atoms with Gasteiger partial charge in [-0.15, -0.1) is 11.8 Å². The summed E-state index contributed by atoms with van der Waals surface area (Å²) in [5.74, 6) is -1.22. The van der Waals surface area contributed by atoms with Gasteiger partial charge in [-0.1, -0.05) is 124 Å². The largest absolute Gasteiger partial charge is 0.445 e. The second kappa shape index (κ2) is 17.3. The van der Waals surface area contributed by atoms with Crippen molar-refractivity contribution in [3.8, 4) is 0 Å². The molecule has 2 aliphatic heterocycles. The van der Waals surface area contributed by atoms with Crippen molar-refractivity contribution in [2.24, 2.45) is 17.3 Å². The van der Waals surface area contributed by atoms with E-state index in [0.717, 1.165) is 16.7 Å². The van der Waals surface area contributed by atoms with E-state index in [9.17, 15) is 14.4 Å². The number of rotatable bonds is 12. The second-order valence-corrected chi connectivity index (χ2v) is 20.7. The highest BCUT2D eigenvalue weighted by molar-refractivity contribution is 8.01. The zero-order valence-corrected chi connectivity index (χ0v) is 35.2. The molecular weight excluding hydrogens is 713 g/mol. The number of likely N-dealkylation sites (tertiary alicyclic amines) is 2. The molecular formula is C44H58N2O6SSi. The number of carbonyl (C=O) groups is 3. The predicted octanol–water partition coefficient (Wildman–Crippen LogP) is 9.29. The second-order valence-electron chi connectivity index (χ2n) is 16.8. The Morgan fingerprint density at radius 1 is 0.852 bits per heavy atom. The molecule has 0 radical (unpaired) electrons. The van der Waals surface area contributed by atoms with E-state index >= 15 is 0 Å². The van der Waals surface area contributed by atoms with Crippen LogP contribution in [0, 0.1) is 17.3 Å². The number of amides is 3. The van der Waals surface area contributed by atoms with Crippen LogP contribution in [0.5, 0.6) is 0 Å². The molecule has 2 fully saturated rings. The fourth-order valence-electron chi connectivity index (χ4n) is 7.92. The fourth-order valence-corrected chi connectivity index (χ4v) is 10.4. The van der Waals surface area contributed by atoms with Crippen molar-refractivity contribution in [3.05, 3.63) is 120 Å². The topological polar surface area (TPSA) is 85.4 Å². The molecule has 2 aliphatic rings. The van der Waals surface area contributed by atoms with Crippen molar-refractivity contribution in [3.63, 3.8) is 0 Å². The van der Waals surface area contributed by atoms with Crippen LogP contribution in [-0.2, 0) is 23.4 Å². The Balaban J connectivity index is 1.60. The summed E-state index contributed by atoms with van der Waals surface area (Å²) in [5.41, 5.74) is 2.23. The quantitative estimate of drug-likeness (QED) is 0.103. The molecule has 2 saturated heterocycles. The zero-order valence-electron chi connectivity index (χ0n) is 33.2. The molecule has 3 aromatic rings. The lowest BCUT2D eigenvalue weighted by Gasteiger charge is -2.37. The van der Waals surface area contributed by atoms with Gasteiger partial charge in [0.15, 0.2) is 9.04 Å². The minimum Gasteiger partial charge on any atom is -0.445 e. The number of hydrogen-bond acceptors (Lipinski definition) is 7. The number of ether oxygens (including phenoxy) is 2. The van der Waals surface area contributed by atoms with Crippen LogP contribution < -0.4 is 0 Å². The van der Waals surface area contributed by atoms with Gasteiger partial charge in [-0.2, -0.15) is 0 Å². The molecule has 2 heterocycles. The summed E-state index contributed by atoms with van der Waals surface area (Å²) in [6.07, 6.45) is 1.54. The van der Waals surface area contributed by atoms with Crippen molar-refractivity contribution in [2.75, 3.05) is 19.8 Å². The van der Waals surface area contributed by atoms with Gasteiger partial charge < -0.3 is 18.8 Å². The molecule has 0 aliphatic carbocycles. The minimum absolute atomic E-state index is 0.0532. The zero-order chi connectivity index (χ0) is 39.3. The molecule has 54 heavy (non-hydrogen) atoms. The summed E-state index contributed by atoms with van der Waals surface area (Å²) in [6, 6.07) is 30.8. The van der Waals surface area contributed by atoms with Crippen LogP contribution in [0.1, 0.15) is 71.1 Å². The van der Waals surface area contributed by atoms with Gasteiger partial charge in [0, 0.05) is 42.3 Å². The van der Waals surface area contributed by atoms with Gasteiger partial charge in [0.2, 0.25) is 5.91 Å². The SMILES string of the molecule is C=CCOC(=O)N1C[C@@H](SC(c2ccccc2)(c2ccccc2)c2ccccc2)C[C@@H]1C(CO[SiH](C)C)C1C[C@@H](C(C)(C)C)N(C(=O)OC(C)(C)C)C1=O. The fraction of sp³-hybridized carbons (Fsp3) is 0.477. The third kappa shape index (κ3) is 9.32. The average molecular weight is 771 g/mol. The lowest BCUT2D eigenvalue weighted by atomic mass is 9.78. The molecule has 8 nitrogen and oxygen atoms in total. The molecule has 0 aromatic heterocycles. The summed E-state index contributed by atoms with van der Waals surface area (Å²) in [5, 5.41) is -0.0532. The van der Waals surface area contributed by atoms with E-state index in [1.807, 2.05) is 55.6 Å². The van der Waals surface area contributed by atoms with Crippen molar-refractivity contribution < 1.29 is 28.3 Å². The first kappa shape index (κ1) is 41.3. The Morgan fingerprint density at radius 3 is 1.81 bits per heavy atom. The lowest BCUT2D eigenvalue weighted by Crippen LogP contribution is -2.49. The highest BCUT2D eigenvalue weighted by Gasteiger charge is 2.55. The van der Waals surface area contributed by atoms with Gasteiger partial charge in [-0.3, -0.25) is 4.79 Å². The smallest absolute Gasteiger partial charge is 0.417 e. The number of thioether (sulfide) groups is 1. The van der Waals surface area contributed by atoms with Crippen LogP contribution in [0.25, 0.3) is 0 Å². The van der Waals surface area contributed by atoms with Crippen molar-refractivity contribution in [1.29, 1.82) is 0 Å². The summed E-state index contributed by atoms with van der Waals surface area (Å²) in [6.45, 7) is 20.3. The maximum Gasteiger partial charge on any atom is 0.417 e. The predicted molar refractivity (Wildman–Crippen MR) is 220 cm³/mol. The first-order chi connectivity index (χ1) is 25.6. The molecule has 3 amide bonds. The number of imide groups is 1. The van der Waals surface area contributed by atoms with Gasteiger partial charge in [0.25, 0.3) is 0 Å². The van der Waals surface area contributed by atoms with Gasteiger partial charge in [-0.05, 0) is 68.8 Å². The first-order valence-electron chi connectivity index (χ1n) is 19.1. The number of carbonyl (C=O) groups excluding carboxylic acids is 3. The summed E-state index contributed by atoms with van der Waals surface area (Å²) in [4.78, 5) is 45.7. The van der Waals surface area contributed by atoms with Crippen molar-refractivity contribution in [1.82, 2.24) is 9.80 Å². The van der Waals surface area contributed by atoms with Gasteiger partial charge in [0.1, 0.15) is 12.2 Å². The van der Waals surface area contributed by atoms with Crippen LogP contribution in [0.4, 0.5) is 9.59 Å². The molecule has 0 spiro atoms. The van der Waals surface area contributed by atoms with E-state index in [1.54, 1.807) is 6.08 Å². The van der Waals surface area contributed by atoms with Gasteiger partial charge in [-0.25, -0.2) is 14.5 Å². The standard InChI is InChI=1S/C44H58N2O6SSi/c1-10-26-50-40(48)45-29-34(53-44(31-20-14-11-15-21-31,32-22-16-12-17-23-32)33-24-18-13-19-25-33)27-37(45)36(30-51-54(8)9)35-28-38(42(2,3)4)46(39(35)47)41(49)52-43(5,6)7/h10-25,34-38,54H,1,26-30H2,2-9H3/t34-,35?,36?,37+,38-/m0/s1. The molecule has 5 atom stereocenters. The first-order valence-corrected chi connectivity index (χ1v) is 22.8. The van der Waals surface area contributed by atoms with E-state index in [0.29, 0.717) is 26.0 Å². The van der Waals surface area contributed by atoms with E-state index in [2.05, 4.69) is 113 Å². The summed E-state index contributed by atoms with van der Waals surface area (Å²) in [7, 11) is -1.55. The molecule has 3 aromatic carbocycles. The normalized spacial score (nSPS) is 21.3. The van der Waals surface area contributed by atoms with Gasteiger partial charge >= 0.3 is 12.2 Å². The van der Waals surface area contributed by atoms with Crippen LogP contribution in [0.15, 0.2) is 104 Å².